The van der Waals surface area contributed by atoms with Crippen molar-refractivity contribution in [3.8, 4) is 0 Å². The maximum atomic E-state index is 3.77. The van der Waals surface area contributed by atoms with Crippen LogP contribution in [0.15, 0.2) is 29.4 Å². The van der Waals surface area contributed by atoms with Crippen LogP contribution in [-0.2, 0) is 0 Å². The third-order valence-corrected chi connectivity index (χ3v) is 1.62. The molecule has 0 saturated carbocycles. The van der Waals surface area contributed by atoms with Gasteiger partial charge in [-0.05, 0) is 19.1 Å². The predicted molar refractivity (Wildman–Crippen MR) is 49.1 cm³/mol. The van der Waals surface area contributed by atoms with Gasteiger partial charge in [0.2, 0.25) is 0 Å². The fourth-order valence-corrected chi connectivity index (χ4v) is 0.842. The summed E-state index contributed by atoms with van der Waals surface area (Å²) < 4.78 is 0. The molecular formula is C9H12N2. The van der Waals surface area contributed by atoms with Crippen molar-refractivity contribution in [3.63, 3.8) is 0 Å². The fraction of sp³-hybridized carbons (Fsp3) is 0.222. The van der Waals surface area contributed by atoms with Gasteiger partial charge >= 0.3 is 0 Å². The highest BCUT2D eigenvalue weighted by Gasteiger charge is 1.94. The van der Waals surface area contributed by atoms with Gasteiger partial charge in [0.25, 0.3) is 0 Å². The first-order valence-electron chi connectivity index (χ1n) is 3.51. The Morgan fingerprint density at radius 2 is 1.82 bits per heavy atom. The van der Waals surface area contributed by atoms with Gasteiger partial charge in [0.15, 0.2) is 0 Å². The fourth-order valence-electron chi connectivity index (χ4n) is 0.842. The second-order valence-corrected chi connectivity index (χ2v) is 2.50. The largest absolute Gasteiger partial charge is 0.269 e. The van der Waals surface area contributed by atoms with E-state index in [4.69, 9.17) is 0 Å². The maximum Gasteiger partial charge on any atom is 0.0590 e. The summed E-state index contributed by atoms with van der Waals surface area (Å²) >= 11 is 0. The first-order chi connectivity index (χ1) is 5.24. The van der Waals surface area contributed by atoms with E-state index in [0.717, 1.165) is 5.69 Å². The quantitative estimate of drug-likeness (QED) is 0.463. The molecule has 0 bridgehead atoms. The molecule has 0 heterocycles. The van der Waals surface area contributed by atoms with Gasteiger partial charge in [-0.25, -0.2) is 0 Å². The lowest BCUT2D eigenvalue weighted by atomic mass is 10.2. The first kappa shape index (κ1) is 7.79. The summed E-state index contributed by atoms with van der Waals surface area (Å²) in [5.74, 6) is 0. The van der Waals surface area contributed by atoms with Crippen LogP contribution in [0.5, 0.6) is 0 Å². The van der Waals surface area contributed by atoms with Crippen molar-refractivity contribution in [1.82, 2.24) is 0 Å². The molecule has 0 spiro atoms. The second-order valence-electron chi connectivity index (χ2n) is 2.50. The summed E-state index contributed by atoms with van der Waals surface area (Å²) in [6.45, 7) is 5.50. The van der Waals surface area contributed by atoms with Crippen molar-refractivity contribution in [1.29, 1.82) is 0 Å². The van der Waals surface area contributed by atoms with E-state index in [2.05, 4.69) is 30.9 Å². The molecule has 0 radical (unpaired) electrons. The molecule has 0 fully saturated rings. The Bertz CT molecular complexity index is 238. The van der Waals surface area contributed by atoms with E-state index in [-0.39, 0.29) is 0 Å². The molecule has 0 saturated heterocycles. The molecule has 1 aromatic carbocycles. The molecule has 1 aromatic rings. The lowest BCUT2D eigenvalue weighted by Gasteiger charge is -2.11. The smallest absolute Gasteiger partial charge is 0.0590 e. The highest BCUT2D eigenvalue weighted by Crippen LogP contribution is 2.12. The van der Waals surface area contributed by atoms with Gasteiger partial charge in [0.05, 0.1) is 5.69 Å². The Morgan fingerprint density at radius 3 is 2.27 bits per heavy atom. The van der Waals surface area contributed by atoms with E-state index in [0.29, 0.717) is 0 Å². The van der Waals surface area contributed by atoms with Gasteiger partial charge in [-0.2, -0.15) is 5.10 Å². The van der Waals surface area contributed by atoms with E-state index in [1.54, 1.807) is 5.01 Å². The van der Waals surface area contributed by atoms with Crippen LogP contribution in [0.4, 0.5) is 5.69 Å². The zero-order valence-electron chi connectivity index (χ0n) is 6.91. The van der Waals surface area contributed by atoms with Crippen molar-refractivity contribution in [3.05, 3.63) is 29.8 Å². The molecule has 0 unspecified atom stereocenters. The molecule has 0 amide bonds. The summed E-state index contributed by atoms with van der Waals surface area (Å²) in [6.07, 6.45) is 0. The zero-order valence-corrected chi connectivity index (χ0v) is 6.91. The second kappa shape index (κ2) is 3.19. The molecule has 0 aliphatic heterocycles. The molecule has 11 heavy (non-hydrogen) atoms. The Balaban J connectivity index is 2.89. The van der Waals surface area contributed by atoms with Crippen molar-refractivity contribution in [2.75, 3.05) is 12.1 Å². The van der Waals surface area contributed by atoms with E-state index in [9.17, 15) is 0 Å². The summed E-state index contributed by atoms with van der Waals surface area (Å²) in [6, 6.07) is 8.14. The number of nitrogens with zero attached hydrogens (tertiary/aromatic N) is 2. The highest BCUT2D eigenvalue weighted by molar-refractivity contribution is 5.47. The van der Waals surface area contributed by atoms with Crippen LogP contribution in [0, 0.1) is 6.92 Å². The Kier molecular flexibility index (Phi) is 2.26. The van der Waals surface area contributed by atoms with Crippen LogP contribution < -0.4 is 5.01 Å². The number of hydrogen-bond acceptors (Lipinski definition) is 2. The molecule has 58 valence electrons. The summed E-state index contributed by atoms with van der Waals surface area (Å²) in [4.78, 5) is 0. The van der Waals surface area contributed by atoms with Crippen LogP contribution >= 0.6 is 0 Å². The van der Waals surface area contributed by atoms with Gasteiger partial charge in [0, 0.05) is 13.8 Å². The number of aryl methyl sites for hydroxylation is 1. The molecule has 2 heteroatoms. The van der Waals surface area contributed by atoms with Crippen LogP contribution in [0.3, 0.4) is 0 Å². The molecular weight excluding hydrogens is 136 g/mol. The number of hydrogen-bond donors (Lipinski definition) is 0. The van der Waals surface area contributed by atoms with Gasteiger partial charge in [-0.3, -0.25) is 5.01 Å². The highest BCUT2D eigenvalue weighted by atomic mass is 15.4. The van der Waals surface area contributed by atoms with Crippen molar-refractivity contribution >= 4 is 12.4 Å². The normalized spacial score (nSPS) is 9.27. The molecule has 0 aromatic heterocycles. The molecule has 1 rings (SSSR count). The Labute approximate surface area is 67.2 Å². The molecule has 0 atom stereocenters. The van der Waals surface area contributed by atoms with Crippen LogP contribution in [-0.4, -0.2) is 13.8 Å². The van der Waals surface area contributed by atoms with Crippen LogP contribution in [0.2, 0.25) is 0 Å². The summed E-state index contributed by atoms with van der Waals surface area (Å²) in [5.41, 5.74) is 2.32. The predicted octanol–water partition coefficient (Wildman–Crippen LogP) is 2.05. The SMILES string of the molecule is C=NN(C)c1ccc(C)cc1. The standard InChI is InChI=1S/C9H12N2/c1-8-4-6-9(7-5-8)11(3)10-2/h4-7H,2H2,1,3H3. The molecule has 0 N–H and O–H groups in total. The third-order valence-electron chi connectivity index (χ3n) is 1.62. The minimum absolute atomic E-state index is 1.06. The number of benzene rings is 1. The topological polar surface area (TPSA) is 15.6 Å². The van der Waals surface area contributed by atoms with E-state index in [1.807, 2.05) is 19.2 Å². The van der Waals surface area contributed by atoms with Gasteiger partial charge in [0.1, 0.15) is 0 Å². The summed E-state index contributed by atoms with van der Waals surface area (Å²) in [7, 11) is 1.87. The Morgan fingerprint density at radius 1 is 1.27 bits per heavy atom. The van der Waals surface area contributed by atoms with Crippen molar-refractivity contribution in [2.24, 2.45) is 5.10 Å². The monoisotopic (exact) mass is 148 g/mol. The minimum Gasteiger partial charge on any atom is -0.269 e. The maximum absolute atomic E-state index is 3.77. The number of anilines is 1. The zero-order chi connectivity index (χ0) is 8.27. The average Bonchev–Trinajstić information content (AvgIpc) is 2.05. The van der Waals surface area contributed by atoms with E-state index < -0.39 is 0 Å². The van der Waals surface area contributed by atoms with Crippen LogP contribution in [0.1, 0.15) is 5.56 Å². The number of rotatable bonds is 2. The lowest BCUT2D eigenvalue weighted by molar-refractivity contribution is 1.03. The lowest BCUT2D eigenvalue weighted by Crippen LogP contribution is -2.06. The van der Waals surface area contributed by atoms with Gasteiger partial charge < -0.3 is 0 Å². The number of hydrazone groups is 1. The average molecular weight is 148 g/mol. The molecule has 0 aliphatic carbocycles. The summed E-state index contributed by atoms with van der Waals surface area (Å²) in [5, 5.41) is 5.51. The van der Waals surface area contributed by atoms with Crippen molar-refractivity contribution < 1.29 is 0 Å². The van der Waals surface area contributed by atoms with E-state index >= 15 is 0 Å². The first-order valence-corrected chi connectivity index (χ1v) is 3.51. The van der Waals surface area contributed by atoms with E-state index in [1.165, 1.54) is 5.56 Å². The van der Waals surface area contributed by atoms with Crippen LogP contribution in [0.25, 0.3) is 0 Å². The van der Waals surface area contributed by atoms with Crippen molar-refractivity contribution in [2.45, 2.75) is 6.92 Å². The third kappa shape index (κ3) is 1.80. The minimum atomic E-state index is 1.06. The molecule has 0 aliphatic rings. The Hall–Kier alpha value is -1.31. The van der Waals surface area contributed by atoms with Gasteiger partial charge in [-0.1, -0.05) is 17.7 Å². The van der Waals surface area contributed by atoms with Gasteiger partial charge in [-0.15, -0.1) is 0 Å². The molecule has 2 nitrogen and oxygen atoms in total.